The molecule has 2 rings (SSSR count). The lowest BCUT2D eigenvalue weighted by atomic mass is 9.88. The summed E-state index contributed by atoms with van der Waals surface area (Å²) in [4.78, 5) is 14.8. The second-order valence-electron chi connectivity index (χ2n) is 5.49. The standard InChI is InChI=1S/C14H24BrNO/c15-10-11-16(13-8-4-5-9-13)14(17)12-6-2-1-3-7-12/h12-13H,1-11H2. The van der Waals surface area contributed by atoms with Gasteiger partial charge in [-0.25, -0.2) is 0 Å². The first-order valence-corrected chi connectivity index (χ1v) is 8.31. The number of nitrogens with zero attached hydrogens (tertiary/aromatic N) is 1. The van der Waals surface area contributed by atoms with E-state index in [9.17, 15) is 4.79 Å². The smallest absolute Gasteiger partial charge is 0.225 e. The van der Waals surface area contributed by atoms with Crippen LogP contribution in [0.2, 0.25) is 0 Å². The zero-order valence-corrected chi connectivity index (χ0v) is 12.3. The van der Waals surface area contributed by atoms with E-state index >= 15 is 0 Å². The van der Waals surface area contributed by atoms with Gasteiger partial charge in [0.2, 0.25) is 5.91 Å². The topological polar surface area (TPSA) is 20.3 Å². The highest BCUT2D eigenvalue weighted by atomic mass is 79.9. The van der Waals surface area contributed by atoms with Crippen LogP contribution in [0.15, 0.2) is 0 Å². The SMILES string of the molecule is O=C(C1CCCCC1)N(CCBr)C1CCCC1. The molecule has 2 nitrogen and oxygen atoms in total. The second-order valence-corrected chi connectivity index (χ2v) is 6.29. The molecule has 2 aliphatic carbocycles. The van der Waals surface area contributed by atoms with E-state index in [1.165, 1.54) is 44.9 Å². The van der Waals surface area contributed by atoms with Crippen molar-refractivity contribution in [2.75, 3.05) is 11.9 Å². The Morgan fingerprint density at radius 3 is 2.18 bits per heavy atom. The summed E-state index contributed by atoms with van der Waals surface area (Å²) in [7, 11) is 0. The molecule has 0 unspecified atom stereocenters. The Labute approximate surface area is 113 Å². The van der Waals surface area contributed by atoms with Crippen LogP contribution in [0.1, 0.15) is 57.8 Å². The number of hydrogen-bond acceptors (Lipinski definition) is 1. The first-order chi connectivity index (χ1) is 8.33. The molecular weight excluding hydrogens is 278 g/mol. The van der Waals surface area contributed by atoms with Gasteiger partial charge in [-0.05, 0) is 25.7 Å². The minimum absolute atomic E-state index is 0.336. The molecule has 0 bridgehead atoms. The predicted molar refractivity (Wildman–Crippen MR) is 74.3 cm³/mol. The van der Waals surface area contributed by atoms with Gasteiger partial charge in [0, 0.05) is 23.8 Å². The maximum absolute atomic E-state index is 12.6. The van der Waals surface area contributed by atoms with E-state index in [1.807, 2.05) is 0 Å². The van der Waals surface area contributed by atoms with Crippen LogP contribution >= 0.6 is 15.9 Å². The summed E-state index contributed by atoms with van der Waals surface area (Å²) < 4.78 is 0. The van der Waals surface area contributed by atoms with Crippen molar-refractivity contribution in [3.63, 3.8) is 0 Å². The maximum atomic E-state index is 12.6. The normalized spacial score (nSPS) is 22.9. The van der Waals surface area contributed by atoms with Crippen molar-refractivity contribution in [2.45, 2.75) is 63.8 Å². The third-order valence-corrected chi connectivity index (χ3v) is 4.68. The molecular formula is C14H24BrNO. The van der Waals surface area contributed by atoms with Crippen LogP contribution in [0.4, 0.5) is 0 Å². The van der Waals surface area contributed by atoms with Gasteiger partial charge < -0.3 is 4.90 Å². The number of carbonyl (C=O) groups excluding carboxylic acids is 1. The average Bonchev–Trinajstić information content (AvgIpc) is 2.90. The van der Waals surface area contributed by atoms with Gasteiger partial charge in [0.15, 0.2) is 0 Å². The zero-order chi connectivity index (χ0) is 12.1. The number of rotatable bonds is 4. The zero-order valence-electron chi connectivity index (χ0n) is 10.7. The van der Waals surface area contributed by atoms with Crippen molar-refractivity contribution in [1.29, 1.82) is 0 Å². The van der Waals surface area contributed by atoms with E-state index in [1.54, 1.807) is 0 Å². The Bertz CT molecular complexity index is 245. The fourth-order valence-electron chi connectivity index (χ4n) is 3.36. The third kappa shape index (κ3) is 3.46. The van der Waals surface area contributed by atoms with Crippen molar-refractivity contribution >= 4 is 21.8 Å². The third-order valence-electron chi connectivity index (χ3n) is 4.33. The van der Waals surface area contributed by atoms with Crippen molar-refractivity contribution in [3.05, 3.63) is 0 Å². The molecule has 0 aromatic heterocycles. The lowest BCUT2D eigenvalue weighted by Crippen LogP contribution is -2.44. The quantitative estimate of drug-likeness (QED) is 0.725. The lowest BCUT2D eigenvalue weighted by Gasteiger charge is -2.33. The van der Waals surface area contributed by atoms with Gasteiger partial charge >= 0.3 is 0 Å². The lowest BCUT2D eigenvalue weighted by molar-refractivity contribution is -0.138. The molecule has 98 valence electrons. The summed E-state index contributed by atoms with van der Waals surface area (Å²) in [5, 5.41) is 0.919. The molecule has 0 heterocycles. The van der Waals surface area contributed by atoms with Gasteiger partial charge in [-0.1, -0.05) is 48.0 Å². The van der Waals surface area contributed by atoms with E-state index in [4.69, 9.17) is 0 Å². The largest absolute Gasteiger partial charge is 0.339 e. The van der Waals surface area contributed by atoms with E-state index < -0.39 is 0 Å². The van der Waals surface area contributed by atoms with Crippen LogP contribution in [0.25, 0.3) is 0 Å². The highest BCUT2D eigenvalue weighted by Gasteiger charge is 2.31. The Kier molecular flexibility index (Phi) is 5.33. The van der Waals surface area contributed by atoms with E-state index in [0.29, 0.717) is 17.9 Å². The summed E-state index contributed by atoms with van der Waals surface area (Å²) in [5.41, 5.74) is 0. The second kappa shape index (κ2) is 6.77. The van der Waals surface area contributed by atoms with Crippen molar-refractivity contribution in [1.82, 2.24) is 4.90 Å². The minimum atomic E-state index is 0.336. The summed E-state index contributed by atoms with van der Waals surface area (Å²) in [6, 6.07) is 0.543. The van der Waals surface area contributed by atoms with Gasteiger partial charge in [0.05, 0.1) is 0 Å². The first-order valence-electron chi connectivity index (χ1n) is 7.19. The van der Waals surface area contributed by atoms with E-state index in [2.05, 4.69) is 20.8 Å². The van der Waals surface area contributed by atoms with Crippen molar-refractivity contribution in [2.24, 2.45) is 5.92 Å². The highest BCUT2D eigenvalue weighted by Crippen LogP contribution is 2.29. The monoisotopic (exact) mass is 301 g/mol. The number of amides is 1. The molecule has 0 spiro atoms. The molecule has 3 heteroatoms. The van der Waals surface area contributed by atoms with Crippen LogP contribution in [0, 0.1) is 5.92 Å². The van der Waals surface area contributed by atoms with E-state index in [-0.39, 0.29) is 0 Å². The Balaban J connectivity index is 1.95. The molecule has 0 N–H and O–H groups in total. The van der Waals surface area contributed by atoms with Gasteiger partial charge in [0.25, 0.3) is 0 Å². The molecule has 0 radical (unpaired) electrons. The number of alkyl halides is 1. The van der Waals surface area contributed by atoms with Crippen molar-refractivity contribution in [3.8, 4) is 0 Å². The predicted octanol–water partition coefficient (Wildman–Crippen LogP) is 3.73. The molecule has 1 amide bonds. The minimum Gasteiger partial charge on any atom is -0.339 e. The Morgan fingerprint density at radius 1 is 1.00 bits per heavy atom. The summed E-state index contributed by atoms with van der Waals surface area (Å²) in [6.07, 6.45) is 11.2. The molecule has 0 aromatic rings. The fourth-order valence-corrected chi connectivity index (χ4v) is 3.75. The summed E-state index contributed by atoms with van der Waals surface area (Å²) >= 11 is 3.50. The van der Waals surface area contributed by atoms with Crippen LogP contribution in [0.5, 0.6) is 0 Å². The van der Waals surface area contributed by atoms with Crippen LogP contribution in [-0.2, 0) is 4.79 Å². The number of halogens is 1. The average molecular weight is 302 g/mol. The fraction of sp³-hybridized carbons (Fsp3) is 0.929. The van der Waals surface area contributed by atoms with Gasteiger partial charge in [-0.15, -0.1) is 0 Å². The molecule has 2 aliphatic rings. The first kappa shape index (κ1) is 13.4. The molecule has 0 atom stereocenters. The van der Waals surface area contributed by atoms with Crippen LogP contribution in [-0.4, -0.2) is 28.7 Å². The summed E-state index contributed by atoms with van der Waals surface area (Å²) in [6.45, 7) is 0.903. The molecule has 0 aliphatic heterocycles. The maximum Gasteiger partial charge on any atom is 0.225 e. The number of carbonyl (C=O) groups is 1. The Hall–Kier alpha value is -0.0500. The van der Waals surface area contributed by atoms with E-state index in [0.717, 1.165) is 24.7 Å². The molecule has 2 fully saturated rings. The van der Waals surface area contributed by atoms with Gasteiger partial charge in [-0.3, -0.25) is 4.79 Å². The molecule has 2 saturated carbocycles. The number of hydrogen-bond donors (Lipinski definition) is 0. The summed E-state index contributed by atoms with van der Waals surface area (Å²) in [5.74, 6) is 0.791. The molecule has 0 saturated heterocycles. The highest BCUT2D eigenvalue weighted by molar-refractivity contribution is 9.09. The Morgan fingerprint density at radius 2 is 1.59 bits per heavy atom. The molecule has 17 heavy (non-hydrogen) atoms. The van der Waals surface area contributed by atoms with Crippen LogP contribution in [0.3, 0.4) is 0 Å². The van der Waals surface area contributed by atoms with Gasteiger partial charge in [0.1, 0.15) is 0 Å². The van der Waals surface area contributed by atoms with Crippen molar-refractivity contribution < 1.29 is 4.79 Å². The molecule has 0 aromatic carbocycles. The van der Waals surface area contributed by atoms with Gasteiger partial charge in [-0.2, -0.15) is 0 Å². The van der Waals surface area contributed by atoms with Crippen LogP contribution < -0.4 is 0 Å².